The Morgan fingerprint density at radius 1 is 1.42 bits per heavy atom. The Morgan fingerprint density at radius 2 is 2.16 bits per heavy atom. The molecule has 2 rings (SSSR count). The number of benzene rings is 1. The first-order valence-electron chi connectivity index (χ1n) is 6.38. The molecule has 1 aliphatic carbocycles. The smallest absolute Gasteiger partial charge is 0.339 e. The van der Waals surface area contributed by atoms with Crippen LogP contribution in [-0.4, -0.2) is 17.7 Å². The van der Waals surface area contributed by atoms with Gasteiger partial charge in [-0.15, -0.1) is 0 Å². The lowest BCUT2D eigenvalue weighted by molar-refractivity contribution is 0.0690. The van der Waals surface area contributed by atoms with Crippen LogP contribution in [0.5, 0.6) is 5.75 Å². The highest BCUT2D eigenvalue weighted by Gasteiger charge is 2.20. The molecule has 2 unspecified atom stereocenters. The maximum Gasteiger partial charge on any atom is 0.339 e. The van der Waals surface area contributed by atoms with Crippen LogP contribution in [0.1, 0.15) is 30.1 Å². The van der Waals surface area contributed by atoms with Crippen LogP contribution in [0.2, 0.25) is 5.02 Å². The van der Waals surface area contributed by atoms with E-state index in [9.17, 15) is 4.79 Å². The fourth-order valence-electron chi connectivity index (χ4n) is 2.23. The minimum atomic E-state index is -0.997. The van der Waals surface area contributed by atoms with Gasteiger partial charge in [0.15, 0.2) is 0 Å². The van der Waals surface area contributed by atoms with Crippen LogP contribution >= 0.6 is 11.6 Å². The van der Waals surface area contributed by atoms with E-state index in [0.717, 1.165) is 12.8 Å². The first-order valence-corrected chi connectivity index (χ1v) is 6.76. The van der Waals surface area contributed by atoms with E-state index >= 15 is 0 Å². The number of aromatic carboxylic acids is 1. The number of carboxylic acid groups (broad SMARTS) is 1. The number of ether oxygens (including phenoxy) is 1. The molecule has 0 saturated carbocycles. The molecule has 0 bridgehead atoms. The van der Waals surface area contributed by atoms with Crippen molar-refractivity contribution in [2.75, 3.05) is 6.61 Å². The summed E-state index contributed by atoms with van der Waals surface area (Å²) in [6, 6.07) is 4.60. The summed E-state index contributed by atoms with van der Waals surface area (Å²) < 4.78 is 5.69. The Labute approximate surface area is 117 Å². The summed E-state index contributed by atoms with van der Waals surface area (Å²) in [4.78, 5) is 11.1. The first kappa shape index (κ1) is 13.9. The second kappa shape index (κ2) is 6.11. The fourth-order valence-corrected chi connectivity index (χ4v) is 2.39. The van der Waals surface area contributed by atoms with E-state index in [1.807, 2.05) is 0 Å². The second-order valence-corrected chi connectivity index (χ2v) is 5.37. The Hall–Kier alpha value is -1.48. The zero-order valence-electron chi connectivity index (χ0n) is 10.8. The average molecular weight is 281 g/mol. The van der Waals surface area contributed by atoms with E-state index in [1.165, 1.54) is 6.07 Å². The maximum absolute atomic E-state index is 11.1. The molecule has 0 radical (unpaired) electrons. The molecule has 19 heavy (non-hydrogen) atoms. The summed E-state index contributed by atoms with van der Waals surface area (Å²) in [6.07, 6.45) is 6.37. The monoisotopic (exact) mass is 280 g/mol. The van der Waals surface area contributed by atoms with Gasteiger partial charge in [-0.2, -0.15) is 0 Å². The third kappa shape index (κ3) is 3.51. The van der Waals surface area contributed by atoms with Gasteiger partial charge in [0.25, 0.3) is 0 Å². The lowest BCUT2D eigenvalue weighted by Crippen LogP contribution is -2.21. The largest absolute Gasteiger partial charge is 0.492 e. The van der Waals surface area contributed by atoms with Gasteiger partial charge in [-0.05, 0) is 42.9 Å². The molecule has 1 aromatic carbocycles. The third-order valence-electron chi connectivity index (χ3n) is 3.55. The molecule has 0 aliphatic heterocycles. The summed E-state index contributed by atoms with van der Waals surface area (Å²) in [5.74, 6) is 0.327. The molecule has 4 heteroatoms. The highest BCUT2D eigenvalue weighted by atomic mass is 35.5. The molecule has 0 saturated heterocycles. The second-order valence-electron chi connectivity index (χ2n) is 4.94. The Balaban J connectivity index is 2.08. The predicted molar refractivity (Wildman–Crippen MR) is 74.9 cm³/mol. The minimum absolute atomic E-state index is 0.156. The number of allylic oxidation sites excluding steroid dienone is 2. The van der Waals surface area contributed by atoms with Crippen LogP contribution in [0.3, 0.4) is 0 Å². The summed E-state index contributed by atoms with van der Waals surface area (Å²) in [6.45, 7) is 2.71. The van der Waals surface area contributed by atoms with Crippen molar-refractivity contribution in [1.82, 2.24) is 0 Å². The van der Waals surface area contributed by atoms with Crippen LogP contribution in [0.15, 0.2) is 30.4 Å². The van der Waals surface area contributed by atoms with E-state index < -0.39 is 5.97 Å². The molecule has 102 valence electrons. The van der Waals surface area contributed by atoms with Crippen LogP contribution < -0.4 is 4.74 Å². The third-order valence-corrected chi connectivity index (χ3v) is 3.78. The number of hydrogen-bond donors (Lipinski definition) is 1. The average Bonchev–Trinajstić information content (AvgIpc) is 2.37. The number of carboxylic acids is 1. The van der Waals surface area contributed by atoms with Crippen molar-refractivity contribution in [1.29, 1.82) is 0 Å². The number of carbonyl (C=O) groups is 1. The molecule has 1 N–H and O–H groups in total. The molecule has 1 aromatic rings. The van der Waals surface area contributed by atoms with Gasteiger partial charge < -0.3 is 9.84 Å². The highest BCUT2D eigenvalue weighted by molar-refractivity contribution is 6.30. The normalized spacial score (nSPS) is 22.2. The molecule has 0 heterocycles. The first-order chi connectivity index (χ1) is 9.08. The van der Waals surface area contributed by atoms with Crippen molar-refractivity contribution in [2.45, 2.75) is 19.8 Å². The van der Waals surface area contributed by atoms with Crippen LogP contribution in [0.4, 0.5) is 0 Å². The molecule has 3 nitrogen and oxygen atoms in total. The summed E-state index contributed by atoms with van der Waals surface area (Å²) >= 11 is 5.89. The molecule has 0 fully saturated rings. The van der Waals surface area contributed by atoms with Crippen LogP contribution in [0, 0.1) is 11.8 Å². The standard InChI is InChI=1S/C15H17ClO3/c1-10-4-2-3-5-11(10)9-19-14-8-12(16)6-7-13(14)15(17)18/h2-3,6-8,10-11H,4-5,9H2,1H3,(H,17,18). The molecule has 0 spiro atoms. The lowest BCUT2D eigenvalue weighted by Gasteiger charge is -2.25. The van der Waals surface area contributed by atoms with Crippen molar-refractivity contribution >= 4 is 17.6 Å². The SMILES string of the molecule is CC1CC=CCC1COc1cc(Cl)ccc1C(=O)O. The Bertz CT molecular complexity index is 496. The van der Waals surface area contributed by atoms with Gasteiger partial charge in [-0.3, -0.25) is 0 Å². The lowest BCUT2D eigenvalue weighted by atomic mass is 9.85. The van der Waals surface area contributed by atoms with Gasteiger partial charge in [0.2, 0.25) is 0 Å². The van der Waals surface area contributed by atoms with E-state index in [-0.39, 0.29) is 5.56 Å². The Morgan fingerprint density at radius 3 is 2.84 bits per heavy atom. The van der Waals surface area contributed by atoms with Crippen molar-refractivity contribution in [3.63, 3.8) is 0 Å². The Kier molecular flexibility index (Phi) is 4.48. The van der Waals surface area contributed by atoms with E-state index in [1.54, 1.807) is 12.1 Å². The fraction of sp³-hybridized carbons (Fsp3) is 0.400. The van der Waals surface area contributed by atoms with E-state index in [0.29, 0.717) is 29.2 Å². The van der Waals surface area contributed by atoms with Gasteiger partial charge >= 0.3 is 5.97 Å². The van der Waals surface area contributed by atoms with E-state index in [4.69, 9.17) is 21.4 Å². The summed E-state index contributed by atoms with van der Waals surface area (Å²) in [7, 11) is 0. The number of hydrogen-bond acceptors (Lipinski definition) is 2. The van der Waals surface area contributed by atoms with E-state index in [2.05, 4.69) is 19.1 Å². The summed E-state index contributed by atoms with van der Waals surface area (Å²) in [5.41, 5.74) is 0.156. The number of rotatable bonds is 4. The zero-order valence-corrected chi connectivity index (χ0v) is 11.6. The van der Waals surface area contributed by atoms with Gasteiger partial charge in [-0.25, -0.2) is 4.79 Å². The molecular weight excluding hydrogens is 264 g/mol. The molecular formula is C15H17ClO3. The van der Waals surface area contributed by atoms with Gasteiger partial charge in [0, 0.05) is 5.02 Å². The quantitative estimate of drug-likeness (QED) is 0.848. The maximum atomic E-state index is 11.1. The highest BCUT2D eigenvalue weighted by Crippen LogP contribution is 2.28. The van der Waals surface area contributed by atoms with Gasteiger partial charge in [-0.1, -0.05) is 30.7 Å². The number of halogens is 1. The van der Waals surface area contributed by atoms with Crippen molar-refractivity contribution in [2.24, 2.45) is 11.8 Å². The van der Waals surface area contributed by atoms with Gasteiger partial charge in [0.05, 0.1) is 6.61 Å². The van der Waals surface area contributed by atoms with Crippen LogP contribution in [-0.2, 0) is 0 Å². The summed E-state index contributed by atoms with van der Waals surface area (Å²) in [5, 5.41) is 9.59. The molecule has 0 amide bonds. The van der Waals surface area contributed by atoms with Crippen molar-refractivity contribution < 1.29 is 14.6 Å². The predicted octanol–water partition coefficient (Wildman–Crippen LogP) is 4.02. The molecule has 1 aliphatic rings. The molecule has 2 atom stereocenters. The van der Waals surface area contributed by atoms with Crippen molar-refractivity contribution in [3.05, 3.63) is 40.9 Å². The van der Waals surface area contributed by atoms with Crippen LogP contribution in [0.25, 0.3) is 0 Å². The molecule has 0 aromatic heterocycles. The topological polar surface area (TPSA) is 46.5 Å². The minimum Gasteiger partial charge on any atom is -0.492 e. The zero-order chi connectivity index (χ0) is 13.8. The van der Waals surface area contributed by atoms with Crippen molar-refractivity contribution in [3.8, 4) is 5.75 Å². The van der Waals surface area contributed by atoms with Gasteiger partial charge in [0.1, 0.15) is 11.3 Å².